The van der Waals surface area contributed by atoms with E-state index in [0.29, 0.717) is 32.8 Å². The lowest BCUT2D eigenvalue weighted by atomic mass is 10.2. The summed E-state index contributed by atoms with van der Waals surface area (Å²) < 4.78 is 10.3. The van der Waals surface area contributed by atoms with Crippen molar-refractivity contribution in [3.05, 3.63) is 51.5 Å². The molecule has 0 heterocycles. The van der Waals surface area contributed by atoms with Crippen LogP contribution >= 0.6 is 23.2 Å². The maximum Gasteiger partial charge on any atom is 0.265 e. The first-order valence-corrected chi connectivity index (χ1v) is 8.30. The van der Waals surface area contributed by atoms with Crippen molar-refractivity contribution in [3.8, 4) is 17.6 Å². The second kappa shape index (κ2) is 9.67. The maximum atomic E-state index is 11.9. The molecular weight excluding hydrogens is 393 g/mol. The summed E-state index contributed by atoms with van der Waals surface area (Å²) in [7, 11) is 2.97. The topological polar surface area (TPSA) is 92.9 Å². The fourth-order valence-electron chi connectivity index (χ4n) is 2.11. The summed E-state index contributed by atoms with van der Waals surface area (Å²) in [5.74, 6) is 0.358. The number of amides is 1. The Morgan fingerprint density at radius 2 is 2.04 bits per heavy atom. The first kappa shape index (κ1) is 20.4. The number of ether oxygens (including phenoxy) is 2. The summed E-state index contributed by atoms with van der Waals surface area (Å²) in [4.78, 5) is 16.9. The van der Waals surface area contributed by atoms with E-state index in [9.17, 15) is 4.79 Å². The highest BCUT2D eigenvalue weighted by atomic mass is 35.5. The van der Waals surface area contributed by atoms with Crippen molar-refractivity contribution < 1.29 is 19.1 Å². The molecule has 0 saturated heterocycles. The van der Waals surface area contributed by atoms with Crippen LogP contribution in [0.25, 0.3) is 0 Å². The van der Waals surface area contributed by atoms with Crippen molar-refractivity contribution in [2.45, 2.75) is 0 Å². The normalized spacial score (nSPS) is 10.3. The number of hydrogen-bond acceptors (Lipinski definition) is 6. The Hall–Kier alpha value is -2.95. The molecule has 0 bridgehead atoms. The van der Waals surface area contributed by atoms with Crippen molar-refractivity contribution in [1.82, 2.24) is 0 Å². The van der Waals surface area contributed by atoms with Crippen molar-refractivity contribution in [3.63, 3.8) is 0 Å². The molecule has 2 aromatic carbocycles. The van der Waals surface area contributed by atoms with Gasteiger partial charge in [-0.05, 0) is 30.3 Å². The standard InChI is InChI=1S/C18H15Cl2N3O4/c1-25-16-6-11(5-14(20)18(16)26-2)9-22-27-10-17(24)23-15-7-13(19)4-3-12(15)8-21/h3-7,9H,10H2,1-2H3,(H,23,24)/b22-9-. The number of nitrogens with one attached hydrogen (secondary N) is 1. The second-order valence-electron chi connectivity index (χ2n) is 5.10. The molecule has 2 aromatic rings. The van der Waals surface area contributed by atoms with E-state index < -0.39 is 5.91 Å². The van der Waals surface area contributed by atoms with Gasteiger partial charge in [-0.2, -0.15) is 5.26 Å². The Balaban J connectivity index is 1.96. The molecule has 0 aromatic heterocycles. The predicted molar refractivity (Wildman–Crippen MR) is 103 cm³/mol. The Morgan fingerprint density at radius 3 is 2.70 bits per heavy atom. The van der Waals surface area contributed by atoms with Gasteiger partial charge in [-0.3, -0.25) is 4.79 Å². The average Bonchev–Trinajstić information content (AvgIpc) is 2.65. The Morgan fingerprint density at radius 1 is 1.26 bits per heavy atom. The minimum absolute atomic E-state index is 0.288. The minimum atomic E-state index is -0.490. The molecule has 0 aliphatic carbocycles. The van der Waals surface area contributed by atoms with Crippen LogP contribution in [0.15, 0.2) is 35.5 Å². The summed E-state index contributed by atoms with van der Waals surface area (Å²) in [5.41, 5.74) is 1.19. The molecule has 0 saturated carbocycles. The monoisotopic (exact) mass is 407 g/mol. The molecule has 9 heteroatoms. The number of halogens is 2. The number of methoxy groups -OCH3 is 2. The van der Waals surface area contributed by atoms with Crippen molar-refractivity contribution in [1.29, 1.82) is 5.26 Å². The van der Waals surface area contributed by atoms with E-state index >= 15 is 0 Å². The summed E-state index contributed by atoms with van der Waals surface area (Å²) in [6.45, 7) is -0.352. The highest BCUT2D eigenvalue weighted by molar-refractivity contribution is 6.32. The number of rotatable bonds is 7. The van der Waals surface area contributed by atoms with E-state index in [1.807, 2.05) is 6.07 Å². The third kappa shape index (κ3) is 5.51. The third-order valence-electron chi connectivity index (χ3n) is 3.30. The SMILES string of the molecule is COc1cc(/C=N\OCC(=O)Nc2cc(Cl)ccc2C#N)cc(Cl)c1OC. The van der Waals surface area contributed by atoms with Crippen LogP contribution in [0.4, 0.5) is 5.69 Å². The second-order valence-corrected chi connectivity index (χ2v) is 5.94. The average molecular weight is 408 g/mol. The number of hydrogen-bond donors (Lipinski definition) is 1. The molecular formula is C18H15Cl2N3O4. The molecule has 1 N–H and O–H groups in total. The van der Waals surface area contributed by atoms with Gasteiger partial charge in [-0.15, -0.1) is 0 Å². The molecule has 27 heavy (non-hydrogen) atoms. The van der Waals surface area contributed by atoms with Crippen LogP contribution in [-0.4, -0.2) is 32.9 Å². The number of carbonyl (C=O) groups excluding carboxylic acids is 1. The van der Waals surface area contributed by atoms with Crippen molar-refractivity contribution in [2.75, 3.05) is 26.1 Å². The van der Waals surface area contributed by atoms with E-state index in [0.717, 1.165) is 0 Å². The summed E-state index contributed by atoms with van der Waals surface area (Å²) >= 11 is 12.0. The van der Waals surface area contributed by atoms with Gasteiger partial charge in [0.05, 0.1) is 36.7 Å². The molecule has 1 amide bonds. The smallest absolute Gasteiger partial charge is 0.265 e. The third-order valence-corrected chi connectivity index (χ3v) is 3.82. The molecule has 0 radical (unpaired) electrons. The molecule has 0 spiro atoms. The molecule has 0 unspecified atom stereocenters. The Labute approximate surface area is 166 Å². The number of benzene rings is 2. The number of oxime groups is 1. The van der Waals surface area contributed by atoms with Gasteiger partial charge in [0.1, 0.15) is 6.07 Å². The van der Waals surface area contributed by atoms with Crippen molar-refractivity contribution >= 4 is 41.0 Å². The van der Waals surface area contributed by atoms with Gasteiger partial charge >= 0.3 is 0 Å². The van der Waals surface area contributed by atoms with Crippen LogP contribution in [0, 0.1) is 11.3 Å². The zero-order valence-corrected chi connectivity index (χ0v) is 16.0. The largest absolute Gasteiger partial charge is 0.493 e. The molecule has 7 nitrogen and oxygen atoms in total. The number of nitrogens with zero attached hydrogens (tertiary/aromatic N) is 2. The molecule has 0 aliphatic rings. The van der Waals surface area contributed by atoms with Crippen LogP contribution in [0.1, 0.15) is 11.1 Å². The van der Waals surface area contributed by atoms with Gasteiger partial charge in [0.15, 0.2) is 18.1 Å². The van der Waals surface area contributed by atoms with Crippen molar-refractivity contribution in [2.24, 2.45) is 5.16 Å². The summed E-state index contributed by atoms with van der Waals surface area (Å²) in [6, 6.07) is 9.78. The quantitative estimate of drug-likeness (QED) is 0.555. The van der Waals surface area contributed by atoms with E-state index in [1.165, 1.54) is 32.6 Å². The van der Waals surface area contributed by atoms with Crippen LogP contribution in [0.5, 0.6) is 11.5 Å². The van der Waals surface area contributed by atoms with Gasteiger partial charge in [-0.25, -0.2) is 0 Å². The molecule has 0 fully saturated rings. The lowest BCUT2D eigenvalue weighted by Gasteiger charge is -2.10. The fraction of sp³-hybridized carbons (Fsp3) is 0.167. The zero-order valence-electron chi connectivity index (χ0n) is 14.5. The minimum Gasteiger partial charge on any atom is -0.493 e. The molecule has 2 rings (SSSR count). The van der Waals surface area contributed by atoms with Gasteiger partial charge < -0.3 is 19.6 Å². The number of nitriles is 1. The van der Waals surface area contributed by atoms with Gasteiger partial charge in [0, 0.05) is 10.6 Å². The molecule has 0 aliphatic heterocycles. The van der Waals surface area contributed by atoms with Crippen LogP contribution in [0.3, 0.4) is 0 Å². The number of carbonyl (C=O) groups is 1. The molecule has 140 valence electrons. The summed E-state index contributed by atoms with van der Waals surface area (Å²) in [5, 5.41) is 16.0. The van der Waals surface area contributed by atoms with Gasteiger partial charge in [0.2, 0.25) is 0 Å². The Kier molecular flexibility index (Phi) is 7.29. The first-order valence-electron chi connectivity index (χ1n) is 7.54. The molecule has 0 atom stereocenters. The lowest BCUT2D eigenvalue weighted by Crippen LogP contribution is -2.17. The van der Waals surface area contributed by atoms with Crippen LogP contribution in [-0.2, 0) is 9.63 Å². The van der Waals surface area contributed by atoms with Gasteiger partial charge in [-0.1, -0.05) is 28.4 Å². The zero-order chi connectivity index (χ0) is 19.8. The Bertz CT molecular complexity index is 910. The highest BCUT2D eigenvalue weighted by Gasteiger charge is 2.10. The first-order chi connectivity index (χ1) is 13.0. The van der Waals surface area contributed by atoms with Gasteiger partial charge in [0.25, 0.3) is 5.91 Å². The lowest BCUT2D eigenvalue weighted by molar-refractivity contribution is -0.120. The summed E-state index contributed by atoms with van der Waals surface area (Å²) in [6.07, 6.45) is 1.38. The number of anilines is 1. The fourth-order valence-corrected chi connectivity index (χ4v) is 2.58. The van der Waals surface area contributed by atoms with E-state index in [1.54, 1.807) is 18.2 Å². The highest BCUT2D eigenvalue weighted by Crippen LogP contribution is 2.35. The van der Waals surface area contributed by atoms with E-state index in [2.05, 4.69) is 10.5 Å². The van der Waals surface area contributed by atoms with Crippen LogP contribution in [0.2, 0.25) is 10.0 Å². The predicted octanol–water partition coefficient (Wildman–Crippen LogP) is 3.87. The van der Waals surface area contributed by atoms with E-state index in [-0.39, 0.29) is 12.2 Å². The van der Waals surface area contributed by atoms with E-state index in [4.69, 9.17) is 42.8 Å². The van der Waals surface area contributed by atoms with Crippen LogP contribution < -0.4 is 14.8 Å². The maximum absolute atomic E-state index is 11.9.